The van der Waals surface area contributed by atoms with Crippen LogP contribution < -0.4 is 5.32 Å². The molecule has 6 nitrogen and oxygen atoms in total. The molecule has 0 aliphatic carbocycles. The van der Waals surface area contributed by atoms with E-state index in [1.54, 1.807) is 4.68 Å². The lowest BCUT2D eigenvalue weighted by Gasteiger charge is -2.08. The van der Waals surface area contributed by atoms with E-state index in [0.717, 1.165) is 11.3 Å². The number of nitrogens with zero attached hydrogens (tertiary/aromatic N) is 4. The zero-order valence-corrected chi connectivity index (χ0v) is 10.7. The third kappa shape index (κ3) is 2.68. The molecular formula is C10H10BrN5O. The molecule has 17 heavy (non-hydrogen) atoms. The number of carbonyl (C=O) groups excluding carboxylic acids is 1. The SMILES string of the molecule is Cc1ccc(NC(=O)CBr)cc1-n1cnnn1. The van der Waals surface area contributed by atoms with Crippen LogP contribution >= 0.6 is 15.9 Å². The number of carbonyl (C=O) groups is 1. The number of amides is 1. The lowest BCUT2D eigenvalue weighted by molar-refractivity contribution is -0.113. The summed E-state index contributed by atoms with van der Waals surface area (Å²) in [5, 5.41) is 14.0. The Kier molecular flexibility index (Phi) is 3.48. The number of rotatable bonds is 3. The van der Waals surface area contributed by atoms with E-state index in [9.17, 15) is 4.79 Å². The Balaban J connectivity index is 2.33. The predicted octanol–water partition coefficient (Wildman–Crippen LogP) is 1.30. The lowest BCUT2D eigenvalue weighted by Crippen LogP contribution is -2.12. The average molecular weight is 296 g/mol. The highest BCUT2D eigenvalue weighted by Gasteiger charge is 2.06. The maximum atomic E-state index is 11.3. The van der Waals surface area contributed by atoms with E-state index < -0.39 is 0 Å². The number of halogens is 1. The molecule has 2 aromatic rings. The molecule has 1 N–H and O–H groups in total. The summed E-state index contributed by atoms with van der Waals surface area (Å²) in [5.41, 5.74) is 2.57. The molecule has 0 saturated carbocycles. The Morgan fingerprint density at radius 2 is 2.35 bits per heavy atom. The highest BCUT2D eigenvalue weighted by atomic mass is 79.9. The van der Waals surface area contributed by atoms with Gasteiger partial charge in [-0.15, -0.1) is 5.10 Å². The van der Waals surface area contributed by atoms with Gasteiger partial charge in [-0.1, -0.05) is 22.0 Å². The van der Waals surface area contributed by atoms with Crippen LogP contribution in [0, 0.1) is 6.92 Å². The minimum absolute atomic E-state index is 0.100. The van der Waals surface area contributed by atoms with Crippen LogP contribution in [0.2, 0.25) is 0 Å². The van der Waals surface area contributed by atoms with Crippen LogP contribution in [0.15, 0.2) is 24.5 Å². The monoisotopic (exact) mass is 295 g/mol. The van der Waals surface area contributed by atoms with E-state index in [4.69, 9.17) is 0 Å². The molecule has 0 unspecified atom stereocenters. The zero-order chi connectivity index (χ0) is 12.3. The number of nitrogens with one attached hydrogen (secondary N) is 1. The van der Waals surface area contributed by atoms with E-state index in [-0.39, 0.29) is 11.2 Å². The standard InChI is InChI=1S/C10H10BrN5O/c1-7-2-3-8(13-10(17)5-11)4-9(7)16-6-12-14-15-16/h2-4,6H,5H2,1H3,(H,13,17). The van der Waals surface area contributed by atoms with Gasteiger partial charge in [0.15, 0.2) is 0 Å². The fourth-order valence-electron chi connectivity index (χ4n) is 1.40. The molecule has 0 saturated heterocycles. The van der Waals surface area contributed by atoms with Crippen molar-refractivity contribution in [2.45, 2.75) is 6.92 Å². The predicted molar refractivity (Wildman–Crippen MR) is 66.3 cm³/mol. The first kappa shape index (κ1) is 11.7. The second kappa shape index (κ2) is 5.05. The van der Waals surface area contributed by atoms with Crippen molar-refractivity contribution in [3.8, 4) is 5.69 Å². The first-order chi connectivity index (χ1) is 8.20. The van der Waals surface area contributed by atoms with E-state index in [1.807, 2.05) is 25.1 Å². The molecule has 0 fully saturated rings. The number of anilines is 1. The molecule has 1 aromatic carbocycles. The summed E-state index contributed by atoms with van der Waals surface area (Å²) in [6.07, 6.45) is 1.51. The number of alkyl halides is 1. The molecule has 0 bridgehead atoms. The van der Waals surface area contributed by atoms with Crippen LogP contribution in [-0.2, 0) is 4.79 Å². The summed E-state index contributed by atoms with van der Waals surface area (Å²) >= 11 is 3.09. The van der Waals surface area contributed by atoms with Crippen LogP contribution in [0.5, 0.6) is 0 Å². The zero-order valence-electron chi connectivity index (χ0n) is 9.09. The van der Waals surface area contributed by atoms with Crippen molar-refractivity contribution in [1.29, 1.82) is 0 Å². The van der Waals surface area contributed by atoms with Crippen molar-refractivity contribution in [3.05, 3.63) is 30.1 Å². The molecule has 1 amide bonds. The van der Waals surface area contributed by atoms with Crippen molar-refractivity contribution in [2.24, 2.45) is 0 Å². The Labute approximate surface area is 106 Å². The summed E-state index contributed by atoms with van der Waals surface area (Å²) in [6.45, 7) is 1.95. The van der Waals surface area contributed by atoms with Crippen molar-refractivity contribution < 1.29 is 4.79 Å². The Morgan fingerprint density at radius 1 is 1.53 bits per heavy atom. The van der Waals surface area contributed by atoms with Gasteiger partial charge in [-0.3, -0.25) is 4.79 Å². The van der Waals surface area contributed by atoms with Gasteiger partial charge in [0.2, 0.25) is 5.91 Å². The molecular weight excluding hydrogens is 286 g/mol. The molecule has 0 aliphatic rings. The van der Waals surface area contributed by atoms with Crippen molar-refractivity contribution in [2.75, 3.05) is 10.6 Å². The Bertz CT molecular complexity index is 525. The van der Waals surface area contributed by atoms with E-state index in [1.165, 1.54) is 6.33 Å². The van der Waals surface area contributed by atoms with Gasteiger partial charge in [0, 0.05) is 5.69 Å². The van der Waals surface area contributed by atoms with E-state index >= 15 is 0 Å². The summed E-state index contributed by atoms with van der Waals surface area (Å²) in [5.74, 6) is -0.100. The van der Waals surface area contributed by atoms with E-state index in [2.05, 4.69) is 36.8 Å². The van der Waals surface area contributed by atoms with Crippen LogP contribution in [0.1, 0.15) is 5.56 Å². The number of aryl methyl sites for hydroxylation is 1. The Hall–Kier alpha value is -1.76. The largest absolute Gasteiger partial charge is 0.325 e. The highest BCUT2D eigenvalue weighted by Crippen LogP contribution is 2.18. The van der Waals surface area contributed by atoms with Gasteiger partial charge >= 0.3 is 0 Å². The molecule has 1 aromatic heterocycles. The van der Waals surface area contributed by atoms with Gasteiger partial charge in [0.05, 0.1) is 11.0 Å². The van der Waals surface area contributed by atoms with Gasteiger partial charge in [-0.2, -0.15) is 0 Å². The molecule has 1 heterocycles. The van der Waals surface area contributed by atoms with Crippen LogP contribution in [0.25, 0.3) is 5.69 Å². The average Bonchev–Trinajstić information content (AvgIpc) is 2.85. The first-order valence-corrected chi connectivity index (χ1v) is 6.02. The maximum Gasteiger partial charge on any atom is 0.235 e. The van der Waals surface area contributed by atoms with Crippen molar-refractivity contribution in [1.82, 2.24) is 20.2 Å². The summed E-state index contributed by atoms with van der Waals surface area (Å²) in [4.78, 5) is 11.3. The highest BCUT2D eigenvalue weighted by molar-refractivity contribution is 9.09. The summed E-state index contributed by atoms with van der Waals surface area (Å²) < 4.78 is 1.55. The molecule has 0 radical (unpaired) electrons. The van der Waals surface area contributed by atoms with Crippen LogP contribution in [-0.4, -0.2) is 31.4 Å². The topological polar surface area (TPSA) is 72.7 Å². The van der Waals surface area contributed by atoms with E-state index in [0.29, 0.717) is 5.69 Å². The van der Waals surface area contributed by atoms with Gasteiger partial charge in [-0.05, 0) is 35.0 Å². The van der Waals surface area contributed by atoms with Crippen LogP contribution in [0.3, 0.4) is 0 Å². The molecule has 0 spiro atoms. The summed E-state index contributed by atoms with van der Waals surface area (Å²) in [6, 6.07) is 5.57. The van der Waals surface area contributed by atoms with Crippen molar-refractivity contribution >= 4 is 27.5 Å². The smallest absolute Gasteiger partial charge is 0.235 e. The third-order valence-electron chi connectivity index (χ3n) is 2.21. The third-order valence-corrected chi connectivity index (χ3v) is 2.72. The maximum absolute atomic E-state index is 11.3. The molecule has 0 atom stereocenters. The number of benzene rings is 1. The number of tetrazole rings is 1. The molecule has 2 rings (SSSR count). The fourth-order valence-corrected chi connectivity index (χ4v) is 1.54. The minimum atomic E-state index is -0.100. The minimum Gasteiger partial charge on any atom is -0.325 e. The number of hydrogen-bond donors (Lipinski definition) is 1. The van der Waals surface area contributed by atoms with Gasteiger partial charge < -0.3 is 5.32 Å². The number of aromatic nitrogens is 4. The molecule has 88 valence electrons. The Morgan fingerprint density at radius 3 is 3.00 bits per heavy atom. The molecule has 0 aliphatic heterocycles. The molecule has 7 heteroatoms. The normalized spacial score (nSPS) is 10.2. The number of hydrogen-bond acceptors (Lipinski definition) is 4. The lowest BCUT2D eigenvalue weighted by atomic mass is 10.2. The van der Waals surface area contributed by atoms with Gasteiger partial charge in [0.1, 0.15) is 6.33 Å². The quantitative estimate of drug-likeness (QED) is 0.867. The van der Waals surface area contributed by atoms with Crippen LogP contribution in [0.4, 0.5) is 5.69 Å². The second-order valence-electron chi connectivity index (χ2n) is 3.44. The van der Waals surface area contributed by atoms with Gasteiger partial charge in [0.25, 0.3) is 0 Å². The van der Waals surface area contributed by atoms with Gasteiger partial charge in [-0.25, -0.2) is 4.68 Å². The second-order valence-corrected chi connectivity index (χ2v) is 4.00. The first-order valence-electron chi connectivity index (χ1n) is 4.90. The van der Waals surface area contributed by atoms with Crippen molar-refractivity contribution in [3.63, 3.8) is 0 Å². The fraction of sp³-hybridized carbons (Fsp3) is 0.200. The summed E-state index contributed by atoms with van der Waals surface area (Å²) in [7, 11) is 0.